The molecule has 0 saturated carbocycles. The number of benzene rings is 2. The minimum absolute atomic E-state index is 0.0781. The highest BCUT2D eigenvalue weighted by Crippen LogP contribution is 2.31. The quantitative estimate of drug-likeness (QED) is 0.607. The summed E-state index contributed by atoms with van der Waals surface area (Å²) in [5.74, 6) is -1.74. The maximum absolute atomic E-state index is 14.7. The molecule has 3 aromatic rings. The van der Waals surface area contributed by atoms with E-state index in [4.69, 9.17) is 9.84 Å². The third-order valence-electron chi connectivity index (χ3n) is 5.24. The van der Waals surface area contributed by atoms with Crippen LogP contribution in [0, 0.1) is 33.5 Å². The maximum Gasteiger partial charge on any atom is 0.341 e. The lowest BCUT2D eigenvalue weighted by molar-refractivity contribution is -0.139. The molecule has 0 aliphatic rings. The van der Waals surface area contributed by atoms with E-state index in [1.807, 2.05) is 39.0 Å². The molecule has 0 spiro atoms. The van der Waals surface area contributed by atoms with Crippen molar-refractivity contribution < 1.29 is 24.1 Å². The van der Waals surface area contributed by atoms with Crippen molar-refractivity contribution in [2.75, 3.05) is 6.61 Å². The van der Waals surface area contributed by atoms with Gasteiger partial charge in [-0.25, -0.2) is 14.2 Å². The zero-order valence-corrected chi connectivity index (χ0v) is 17.4. The number of pyridine rings is 1. The number of aromatic hydroxyl groups is 1. The molecule has 2 aromatic carbocycles. The molecule has 0 fully saturated rings. The molecular formula is C24H24FNO4. The lowest BCUT2D eigenvalue weighted by Gasteiger charge is -2.15. The number of nitrogens with zero attached hydrogens (tertiary/aromatic N) is 1. The van der Waals surface area contributed by atoms with Crippen LogP contribution < -0.4 is 4.74 Å². The number of aryl methyl sites for hydroxylation is 3. The molecular weight excluding hydrogens is 385 g/mol. The van der Waals surface area contributed by atoms with E-state index in [-0.39, 0.29) is 11.5 Å². The zero-order valence-electron chi connectivity index (χ0n) is 17.4. The van der Waals surface area contributed by atoms with E-state index in [2.05, 4.69) is 4.98 Å². The minimum atomic E-state index is -1.17. The summed E-state index contributed by atoms with van der Waals surface area (Å²) >= 11 is 0. The average molecular weight is 409 g/mol. The predicted octanol–water partition coefficient (Wildman–Crippen LogP) is 4.88. The lowest BCUT2D eigenvalue weighted by atomic mass is 9.96. The second kappa shape index (κ2) is 8.53. The van der Waals surface area contributed by atoms with Crippen LogP contribution in [0.4, 0.5) is 4.39 Å². The molecule has 30 heavy (non-hydrogen) atoms. The van der Waals surface area contributed by atoms with Crippen LogP contribution in [-0.4, -0.2) is 27.8 Å². The van der Waals surface area contributed by atoms with Gasteiger partial charge in [-0.2, -0.15) is 0 Å². The highest BCUT2D eigenvalue weighted by Gasteiger charge is 2.17. The maximum atomic E-state index is 14.7. The van der Waals surface area contributed by atoms with Gasteiger partial charge >= 0.3 is 5.97 Å². The Labute approximate surface area is 174 Å². The van der Waals surface area contributed by atoms with Crippen LogP contribution in [0.5, 0.6) is 11.5 Å². The molecule has 1 heterocycles. The van der Waals surface area contributed by atoms with Gasteiger partial charge in [-0.3, -0.25) is 0 Å². The fourth-order valence-corrected chi connectivity index (χ4v) is 3.35. The first-order chi connectivity index (χ1) is 14.2. The lowest BCUT2D eigenvalue weighted by Crippen LogP contribution is -2.11. The van der Waals surface area contributed by atoms with E-state index < -0.39 is 18.4 Å². The van der Waals surface area contributed by atoms with E-state index in [0.717, 1.165) is 27.8 Å². The Balaban J connectivity index is 1.96. The Morgan fingerprint density at radius 3 is 2.43 bits per heavy atom. The van der Waals surface area contributed by atoms with Gasteiger partial charge in [0.25, 0.3) is 0 Å². The van der Waals surface area contributed by atoms with Crippen LogP contribution in [0.15, 0.2) is 36.4 Å². The fraction of sp³-hybridized carbons (Fsp3) is 0.250. The summed E-state index contributed by atoms with van der Waals surface area (Å²) in [4.78, 5) is 15.3. The van der Waals surface area contributed by atoms with Crippen molar-refractivity contribution in [2.45, 2.75) is 34.1 Å². The first kappa shape index (κ1) is 21.3. The Morgan fingerprint density at radius 1 is 1.03 bits per heavy atom. The van der Waals surface area contributed by atoms with Crippen molar-refractivity contribution >= 4 is 5.97 Å². The zero-order chi connectivity index (χ0) is 22.0. The normalized spacial score (nSPS) is 10.8. The number of carboxylic acid groups (broad SMARTS) is 1. The van der Waals surface area contributed by atoms with Crippen molar-refractivity contribution in [3.63, 3.8) is 0 Å². The van der Waals surface area contributed by atoms with Crippen molar-refractivity contribution in [1.29, 1.82) is 0 Å². The third kappa shape index (κ3) is 4.43. The van der Waals surface area contributed by atoms with E-state index in [1.54, 1.807) is 19.1 Å². The van der Waals surface area contributed by atoms with Gasteiger partial charge < -0.3 is 14.9 Å². The van der Waals surface area contributed by atoms with Crippen molar-refractivity contribution in [3.8, 4) is 22.8 Å². The van der Waals surface area contributed by atoms with Gasteiger partial charge in [0.05, 0.1) is 0 Å². The van der Waals surface area contributed by atoms with Crippen LogP contribution in [0.2, 0.25) is 0 Å². The second-order valence-corrected chi connectivity index (χ2v) is 7.44. The first-order valence-electron chi connectivity index (χ1n) is 9.57. The number of rotatable bonds is 6. The molecule has 156 valence electrons. The van der Waals surface area contributed by atoms with Gasteiger partial charge in [0.2, 0.25) is 0 Å². The molecule has 0 saturated heterocycles. The molecule has 0 aliphatic heterocycles. The topological polar surface area (TPSA) is 79.7 Å². The number of ether oxygens (including phenoxy) is 1. The summed E-state index contributed by atoms with van der Waals surface area (Å²) in [7, 11) is 0. The Bertz CT molecular complexity index is 1120. The van der Waals surface area contributed by atoms with E-state index in [9.17, 15) is 14.3 Å². The van der Waals surface area contributed by atoms with Crippen molar-refractivity contribution in [2.24, 2.45) is 0 Å². The number of aliphatic carboxylic acids is 1. The molecule has 0 unspecified atom stereocenters. The summed E-state index contributed by atoms with van der Waals surface area (Å²) in [5.41, 5.74) is 6.15. The molecule has 3 rings (SSSR count). The van der Waals surface area contributed by atoms with E-state index in [1.165, 1.54) is 6.07 Å². The predicted molar refractivity (Wildman–Crippen MR) is 113 cm³/mol. The summed E-state index contributed by atoms with van der Waals surface area (Å²) < 4.78 is 19.8. The van der Waals surface area contributed by atoms with Crippen molar-refractivity contribution in [1.82, 2.24) is 4.98 Å². The molecule has 6 heteroatoms. The minimum Gasteiger partial charge on any atom is -0.506 e. The monoisotopic (exact) mass is 409 g/mol. The van der Waals surface area contributed by atoms with Gasteiger partial charge in [-0.1, -0.05) is 12.1 Å². The van der Waals surface area contributed by atoms with Gasteiger partial charge in [0, 0.05) is 17.7 Å². The number of hydrogen-bond acceptors (Lipinski definition) is 4. The number of hydrogen-bond donors (Lipinski definition) is 2. The summed E-state index contributed by atoms with van der Waals surface area (Å²) in [6, 6.07) is 10.7. The fourth-order valence-electron chi connectivity index (χ4n) is 3.35. The van der Waals surface area contributed by atoms with E-state index >= 15 is 0 Å². The molecule has 1 aromatic heterocycles. The highest BCUT2D eigenvalue weighted by molar-refractivity contribution is 5.69. The Hall–Kier alpha value is -3.41. The number of halogens is 1. The Kier molecular flexibility index (Phi) is 6.06. The number of carboxylic acids is 1. The van der Waals surface area contributed by atoms with Crippen LogP contribution in [0.25, 0.3) is 11.3 Å². The number of carbonyl (C=O) groups is 1. The van der Waals surface area contributed by atoms with Crippen LogP contribution in [0.3, 0.4) is 0 Å². The van der Waals surface area contributed by atoms with Gasteiger partial charge in [0.15, 0.2) is 18.2 Å². The molecule has 0 bridgehead atoms. The summed E-state index contributed by atoms with van der Waals surface area (Å²) in [6.07, 6.45) is 0.367. The standard InChI is InChI=1S/C24H24FNO4/c1-13-5-6-17(9-14(13)2)24-20(27)8-7-18(26-24)11-19-15(3)10-21(23(25)16(19)4)30-12-22(28)29/h5-10,27H,11-12H2,1-4H3,(H,28,29). The SMILES string of the molecule is Cc1ccc(-c2nc(Cc3c(C)cc(OCC(=O)O)c(F)c3C)ccc2O)cc1C. The number of aromatic nitrogens is 1. The third-order valence-corrected chi connectivity index (χ3v) is 5.24. The van der Waals surface area contributed by atoms with Crippen LogP contribution in [-0.2, 0) is 11.2 Å². The van der Waals surface area contributed by atoms with Gasteiger partial charge in [0.1, 0.15) is 11.4 Å². The molecule has 2 N–H and O–H groups in total. The summed E-state index contributed by atoms with van der Waals surface area (Å²) in [5, 5.41) is 19.1. The smallest absolute Gasteiger partial charge is 0.341 e. The highest BCUT2D eigenvalue weighted by atomic mass is 19.1. The molecule has 0 aliphatic carbocycles. The van der Waals surface area contributed by atoms with Gasteiger partial charge in [-0.15, -0.1) is 0 Å². The molecule has 0 atom stereocenters. The largest absolute Gasteiger partial charge is 0.506 e. The second-order valence-electron chi connectivity index (χ2n) is 7.44. The van der Waals surface area contributed by atoms with E-state index in [0.29, 0.717) is 23.4 Å². The van der Waals surface area contributed by atoms with Gasteiger partial charge in [-0.05, 0) is 79.8 Å². The average Bonchev–Trinajstić information content (AvgIpc) is 2.70. The molecule has 0 amide bonds. The summed E-state index contributed by atoms with van der Waals surface area (Å²) in [6.45, 7) is 6.87. The van der Waals surface area contributed by atoms with Crippen LogP contribution >= 0.6 is 0 Å². The first-order valence-corrected chi connectivity index (χ1v) is 9.57. The van der Waals surface area contributed by atoms with Crippen molar-refractivity contribution in [3.05, 3.63) is 75.7 Å². The molecule has 5 nitrogen and oxygen atoms in total. The molecule has 0 radical (unpaired) electrons. The van der Waals surface area contributed by atoms with Crippen LogP contribution in [0.1, 0.15) is 33.5 Å². The Morgan fingerprint density at radius 2 is 1.77 bits per heavy atom.